The minimum absolute atomic E-state index is 0.0585. The van der Waals surface area contributed by atoms with Gasteiger partial charge >= 0.3 is 0 Å². The number of carbonyl (C=O) groups excluding carboxylic acids is 2. The summed E-state index contributed by atoms with van der Waals surface area (Å²) in [5, 5.41) is 0. The highest BCUT2D eigenvalue weighted by molar-refractivity contribution is 5.95. The fraction of sp³-hybridized carbons (Fsp3) is 0.320. The zero-order chi connectivity index (χ0) is 22.1. The molecule has 4 heterocycles. The van der Waals surface area contributed by atoms with Gasteiger partial charge in [-0.05, 0) is 43.9 Å². The highest BCUT2D eigenvalue weighted by Crippen LogP contribution is 2.35. The van der Waals surface area contributed by atoms with Crippen LogP contribution in [0.1, 0.15) is 58.3 Å². The minimum atomic E-state index is -0.206. The van der Waals surface area contributed by atoms with Crippen LogP contribution in [0.25, 0.3) is 0 Å². The van der Waals surface area contributed by atoms with Gasteiger partial charge in [0.15, 0.2) is 5.82 Å². The monoisotopic (exact) mass is 427 g/mol. The molecule has 0 radical (unpaired) electrons. The van der Waals surface area contributed by atoms with Crippen molar-refractivity contribution in [1.82, 2.24) is 19.9 Å². The zero-order valence-corrected chi connectivity index (χ0v) is 18.1. The first-order chi connectivity index (χ1) is 15.6. The molecule has 7 nitrogen and oxygen atoms in total. The van der Waals surface area contributed by atoms with Crippen molar-refractivity contribution < 1.29 is 9.59 Å². The number of amides is 2. The molecule has 1 aromatic carbocycles. The average Bonchev–Trinajstić information content (AvgIpc) is 3.31. The maximum atomic E-state index is 13.1. The lowest BCUT2D eigenvalue weighted by molar-refractivity contribution is -0.119. The van der Waals surface area contributed by atoms with E-state index in [0.29, 0.717) is 43.1 Å². The maximum absolute atomic E-state index is 13.1. The quantitative estimate of drug-likeness (QED) is 0.635. The number of hydrogen-bond donors (Lipinski definition) is 0. The third kappa shape index (κ3) is 3.75. The molecule has 2 aliphatic heterocycles. The summed E-state index contributed by atoms with van der Waals surface area (Å²) in [5.74, 6) is 1.31. The van der Waals surface area contributed by atoms with Crippen LogP contribution in [0.15, 0.2) is 54.9 Å². The molecular weight excluding hydrogens is 402 g/mol. The van der Waals surface area contributed by atoms with Gasteiger partial charge in [-0.1, -0.05) is 30.3 Å². The summed E-state index contributed by atoms with van der Waals surface area (Å²) in [7, 11) is 0. The Morgan fingerprint density at radius 1 is 1.09 bits per heavy atom. The van der Waals surface area contributed by atoms with Crippen LogP contribution < -0.4 is 4.90 Å². The number of hydrogen-bond acceptors (Lipinski definition) is 5. The van der Waals surface area contributed by atoms with Crippen molar-refractivity contribution in [3.63, 3.8) is 0 Å². The normalized spacial score (nSPS) is 18.0. The Kier molecular flexibility index (Phi) is 5.39. The topological polar surface area (TPSA) is 79.3 Å². The smallest absolute Gasteiger partial charge is 0.256 e. The van der Waals surface area contributed by atoms with Gasteiger partial charge < -0.3 is 4.90 Å². The molecule has 0 bridgehead atoms. The highest BCUT2D eigenvalue weighted by Gasteiger charge is 2.35. The lowest BCUT2D eigenvalue weighted by atomic mass is 10.0. The molecule has 2 aromatic heterocycles. The van der Waals surface area contributed by atoms with Crippen LogP contribution in [0.4, 0.5) is 5.82 Å². The van der Waals surface area contributed by atoms with Crippen molar-refractivity contribution in [2.45, 2.75) is 45.2 Å². The van der Waals surface area contributed by atoms with E-state index >= 15 is 0 Å². The van der Waals surface area contributed by atoms with Crippen molar-refractivity contribution in [2.24, 2.45) is 0 Å². The van der Waals surface area contributed by atoms with Gasteiger partial charge in [0.2, 0.25) is 5.91 Å². The molecule has 0 spiro atoms. The van der Waals surface area contributed by atoms with Crippen LogP contribution in [0.3, 0.4) is 0 Å². The maximum Gasteiger partial charge on any atom is 0.256 e. The second-order valence-corrected chi connectivity index (χ2v) is 8.33. The predicted octanol–water partition coefficient (Wildman–Crippen LogP) is 3.64. The van der Waals surface area contributed by atoms with Gasteiger partial charge in [0.1, 0.15) is 5.82 Å². The molecule has 0 saturated carbocycles. The molecule has 0 aliphatic carbocycles. The molecular formula is C25H25N5O2. The van der Waals surface area contributed by atoms with E-state index in [2.05, 4.69) is 4.98 Å². The third-order valence-corrected chi connectivity index (χ3v) is 6.26. The van der Waals surface area contributed by atoms with Gasteiger partial charge in [-0.2, -0.15) is 0 Å². The lowest BCUT2D eigenvalue weighted by Crippen LogP contribution is -2.37. The molecule has 3 aromatic rings. The van der Waals surface area contributed by atoms with Crippen molar-refractivity contribution in [1.29, 1.82) is 0 Å². The first-order valence-corrected chi connectivity index (χ1v) is 11.0. The number of nitrogens with zero attached hydrogens (tertiary/aromatic N) is 5. The molecule has 1 atom stereocenters. The molecule has 5 rings (SSSR count). The fourth-order valence-corrected chi connectivity index (χ4v) is 4.61. The summed E-state index contributed by atoms with van der Waals surface area (Å²) in [6, 6.07) is 13.3. The molecule has 162 valence electrons. The molecule has 1 fully saturated rings. The number of pyridine rings is 1. The number of anilines is 1. The summed E-state index contributed by atoms with van der Waals surface area (Å²) in [6.45, 7) is 3.11. The Morgan fingerprint density at radius 2 is 1.94 bits per heavy atom. The van der Waals surface area contributed by atoms with E-state index in [-0.39, 0.29) is 17.9 Å². The molecule has 32 heavy (non-hydrogen) atoms. The number of fused-ring (bicyclic) bond motifs is 1. The Labute approximate surface area is 187 Å². The van der Waals surface area contributed by atoms with Crippen LogP contribution >= 0.6 is 0 Å². The van der Waals surface area contributed by atoms with Gasteiger partial charge in [-0.15, -0.1) is 0 Å². The lowest BCUT2D eigenvalue weighted by Gasteiger charge is -2.31. The van der Waals surface area contributed by atoms with Gasteiger partial charge in [0.05, 0.1) is 18.2 Å². The van der Waals surface area contributed by atoms with E-state index in [9.17, 15) is 9.59 Å². The van der Waals surface area contributed by atoms with E-state index in [1.807, 2.05) is 42.2 Å². The number of rotatable bonds is 4. The zero-order valence-electron chi connectivity index (χ0n) is 18.1. The number of carbonyl (C=O) groups is 2. The number of aromatic nitrogens is 3. The van der Waals surface area contributed by atoms with Crippen molar-refractivity contribution >= 4 is 17.6 Å². The summed E-state index contributed by atoms with van der Waals surface area (Å²) in [4.78, 5) is 43.4. The summed E-state index contributed by atoms with van der Waals surface area (Å²) in [5.41, 5.74) is 3.53. The number of aryl methyl sites for hydroxylation is 1. The van der Waals surface area contributed by atoms with Gasteiger partial charge in [-0.3, -0.25) is 19.5 Å². The molecule has 7 heteroatoms. The SMILES string of the molecule is Cc1nc(C2CCCN2C(=O)c2cccnc2)nc2c1CCC(=O)N2Cc1ccccc1. The average molecular weight is 428 g/mol. The van der Waals surface area contributed by atoms with Crippen LogP contribution in [0.5, 0.6) is 0 Å². The van der Waals surface area contributed by atoms with E-state index in [0.717, 1.165) is 29.7 Å². The van der Waals surface area contributed by atoms with E-state index in [1.165, 1.54) is 0 Å². The van der Waals surface area contributed by atoms with Crippen LogP contribution in [-0.4, -0.2) is 38.2 Å². The third-order valence-electron chi connectivity index (χ3n) is 6.26. The van der Waals surface area contributed by atoms with Crippen LogP contribution in [0, 0.1) is 6.92 Å². The van der Waals surface area contributed by atoms with Crippen molar-refractivity contribution in [3.8, 4) is 0 Å². The number of likely N-dealkylation sites (tertiary alicyclic amines) is 1. The largest absolute Gasteiger partial charge is 0.328 e. The van der Waals surface area contributed by atoms with Crippen LogP contribution in [-0.2, 0) is 17.8 Å². The predicted molar refractivity (Wildman–Crippen MR) is 120 cm³/mol. The highest BCUT2D eigenvalue weighted by atomic mass is 16.2. The fourth-order valence-electron chi connectivity index (χ4n) is 4.61. The van der Waals surface area contributed by atoms with Gasteiger partial charge in [-0.25, -0.2) is 9.97 Å². The molecule has 0 N–H and O–H groups in total. The Hall–Kier alpha value is -3.61. The first-order valence-electron chi connectivity index (χ1n) is 11.0. The molecule has 1 saturated heterocycles. The Balaban J connectivity index is 1.50. The summed E-state index contributed by atoms with van der Waals surface area (Å²) < 4.78 is 0. The van der Waals surface area contributed by atoms with Crippen molar-refractivity contribution in [2.75, 3.05) is 11.4 Å². The summed E-state index contributed by atoms with van der Waals surface area (Å²) >= 11 is 0. The van der Waals surface area contributed by atoms with E-state index < -0.39 is 0 Å². The first kappa shape index (κ1) is 20.3. The van der Waals surface area contributed by atoms with Crippen LogP contribution in [0.2, 0.25) is 0 Å². The Morgan fingerprint density at radius 3 is 2.72 bits per heavy atom. The van der Waals surface area contributed by atoms with Gasteiger partial charge in [0.25, 0.3) is 5.91 Å². The molecule has 1 unspecified atom stereocenters. The van der Waals surface area contributed by atoms with E-state index in [4.69, 9.17) is 9.97 Å². The standard InChI is InChI=1S/C25H25N5O2/c1-17-20-11-12-22(31)30(16-18-7-3-2-4-8-18)24(20)28-23(27-17)21-10-6-14-29(21)25(32)19-9-5-13-26-15-19/h2-5,7-9,13,15,21H,6,10-12,14,16H2,1H3. The van der Waals surface area contributed by atoms with Gasteiger partial charge in [0, 0.05) is 36.6 Å². The number of benzene rings is 1. The summed E-state index contributed by atoms with van der Waals surface area (Å²) in [6.07, 6.45) is 6.05. The van der Waals surface area contributed by atoms with E-state index in [1.54, 1.807) is 29.4 Å². The Bertz CT molecular complexity index is 1150. The second kappa shape index (κ2) is 8.49. The molecule has 2 amide bonds. The second-order valence-electron chi connectivity index (χ2n) is 8.33. The molecule has 2 aliphatic rings. The van der Waals surface area contributed by atoms with Crippen molar-refractivity contribution in [3.05, 3.63) is 83.1 Å². The minimum Gasteiger partial charge on any atom is -0.328 e.